The van der Waals surface area contributed by atoms with E-state index in [4.69, 9.17) is 0 Å². The molecule has 2 aromatic heterocycles. The molecule has 13 heteroatoms. The van der Waals surface area contributed by atoms with Gasteiger partial charge in [0.25, 0.3) is 11.8 Å². The van der Waals surface area contributed by atoms with Crippen molar-refractivity contribution in [1.29, 1.82) is 0 Å². The van der Waals surface area contributed by atoms with Crippen molar-refractivity contribution < 1.29 is 18.9 Å². The van der Waals surface area contributed by atoms with Crippen LogP contribution in [0.25, 0.3) is 0 Å². The minimum atomic E-state index is -0.804. The van der Waals surface area contributed by atoms with Gasteiger partial charge in [-0.2, -0.15) is 0 Å². The molecule has 0 radical (unpaired) electrons. The van der Waals surface area contributed by atoms with E-state index in [9.17, 15) is 24.1 Å². The number of carbonyl (C=O) groups excluding carboxylic acids is 2. The quantitative estimate of drug-likeness (QED) is 0.332. The van der Waals surface area contributed by atoms with Gasteiger partial charge in [-0.15, -0.1) is 0 Å². The maximum absolute atomic E-state index is 12.9. The zero-order valence-electron chi connectivity index (χ0n) is 15.0. The van der Waals surface area contributed by atoms with Crippen molar-refractivity contribution in [1.82, 2.24) is 25.8 Å². The fraction of sp³-hybridized carbons (Fsp3) is 0. The Bertz CT molecular complexity index is 1080. The number of nitrogens with zero attached hydrogens (tertiary/aromatic N) is 4. The van der Waals surface area contributed by atoms with Crippen LogP contribution in [0.15, 0.2) is 55.0 Å². The second kappa shape index (κ2) is 9.01. The first-order valence-corrected chi connectivity index (χ1v) is 8.24. The molecule has 3 rings (SSSR count). The molecule has 2 amide bonds. The van der Waals surface area contributed by atoms with Crippen LogP contribution < -0.4 is 21.7 Å². The smallest absolute Gasteiger partial charge is 0.276 e. The van der Waals surface area contributed by atoms with Gasteiger partial charge in [0, 0.05) is 11.8 Å². The van der Waals surface area contributed by atoms with Crippen LogP contribution in [0.1, 0.15) is 20.8 Å². The molecule has 3 aromatic rings. The first-order valence-electron chi connectivity index (χ1n) is 8.24. The number of aromatic nitrogens is 3. The number of amides is 2. The third-order valence-electron chi connectivity index (χ3n) is 3.60. The van der Waals surface area contributed by atoms with Crippen molar-refractivity contribution in [2.75, 3.05) is 10.9 Å². The van der Waals surface area contributed by atoms with E-state index in [-0.39, 0.29) is 22.9 Å². The third kappa shape index (κ3) is 4.78. The average Bonchev–Trinajstić information content (AvgIpc) is 2.76. The van der Waals surface area contributed by atoms with E-state index in [0.717, 1.165) is 18.5 Å². The van der Waals surface area contributed by atoms with Crippen LogP contribution in [-0.4, -0.2) is 31.7 Å². The van der Waals surface area contributed by atoms with Crippen LogP contribution in [0.4, 0.5) is 21.7 Å². The fourth-order valence-corrected chi connectivity index (χ4v) is 2.20. The second-order valence-electron chi connectivity index (χ2n) is 5.56. The summed E-state index contributed by atoms with van der Waals surface area (Å²) in [5.41, 5.74) is 8.65. The van der Waals surface area contributed by atoms with Gasteiger partial charge >= 0.3 is 5.69 Å². The van der Waals surface area contributed by atoms with Crippen molar-refractivity contribution >= 4 is 29.1 Å². The Kier molecular flexibility index (Phi) is 6.02. The highest BCUT2D eigenvalue weighted by atomic mass is 19.1. The molecule has 12 nitrogen and oxygen atoms in total. The van der Waals surface area contributed by atoms with Gasteiger partial charge in [0.05, 0.1) is 4.92 Å². The van der Waals surface area contributed by atoms with Gasteiger partial charge in [-0.05, 0) is 36.4 Å². The van der Waals surface area contributed by atoms with Crippen molar-refractivity contribution in [3.8, 4) is 0 Å². The number of hydrogen-bond donors (Lipinski definition) is 4. The zero-order chi connectivity index (χ0) is 21.5. The first-order chi connectivity index (χ1) is 14.5. The Morgan fingerprint density at radius 2 is 1.53 bits per heavy atom. The summed E-state index contributed by atoms with van der Waals surface area (Å²) in [6, 6.07) is 9.33. The van der Waals surface area contributed by atoms with E-state index in [1.807, 2.05) is 0 Å². The second-order valence-corrected chi connectivity index (χ2v) is 5.56. The number of halogens is 1. The number of hydrazine groups is 2. The Morgan fingerprint density at radius 1 is 0.900 bits per heavy atom. The van der Waals surface area contributed by atoms with Gasteiger partial charge in [-0.25, -0.2) is 14.4 Å². The summed E-state index contributed by atoms with van der Waals surface area (Å²) in [5, 5.41) is 11.5. The maximum Gasteiger partial charge on any atom is 0.356 e. The number of benzene rings is 1. The lowest BCUT2D eigenvalue weighted by Gasteiger charge is -2.11. The molecule has 0 unspecified atom stereocenters. The largest absolute Gasteiger partial charge is 0.356 e. The minimum Gasteiger partial charge on any atom is -0.276 e. The molecule has 4 N–H and O–H groups in total. The van der Waals surface area contributed by atoms with Gasteiger partial charge in [-0.3, -0.25) is 46.4 Å². The highest BCUT2D eigenvalue weighted by Crippen LogP contribution is 2.27. The monoisotopic (exact) mass is 412 g/mol. The summed E-state index contributed by atoms with van der Waals surface area (Å²) in [5.74, 6) is -2.53. The van der Waals surface area contributed by atoms with Crippen molar-refractivity contribution in [3.63, 3.8) is 0 Å². The molecule has 1 aromatic carbocycles. The molecule has 0 aliphatic heterocycles. The van der Waals surface area contributed by atoms with E-state index in [0.29, 0.717) is 0 Å². The van der Waals surface area contributed by atoms with Gasteiger partial charge in [-0.1, -0.05) is 6.07 Å². The lowest BCUT2D eigenvalue weighted by molar-refractivity contribution is -0.383. The normalized spacial score (nSPS) is 10.0. The van der Waals surface area contributed by atoms with Crippen LogP contribution in [0.5, 0.6) is 0 Å². The average molecular weight is 412 g/mol. The van der Waals surface area contributed by atoms with Gasteiger partial charge in [0.2, 0.25) is 11.6 Å². The van der Waals surface area contributed by atoms with Crippen LogP contribution in [0, 0.1) is 15.9 Å². The predicted molar refractivity (Wildman–Crippen MR) is 102 cm³/mol. The van der Waals surface area contributed by atoms with Crippen molar-refractivity contribution in [2.24, 2.45) is 0 Å². The van der Waals surface area contributed by atoms with E-state index in [2.05, 4.69) is 36.7 Å². The maximum atomic E-state index is 12.9. The molecular weight excluding hydrogens is 399 g/mol. The lowest BCUT2D eigenvalue weighted by atomic mass is 10.2. The highest BCUT2D eigenvalue weighted by Gasteiger charge is 2.24. The minimum absolute atomic E-state index is 0.0756. The Morgan fingerprint density at radius 3 is 2.10 bits per heavy atom. The van der Waals surface area contributed by atoms with Crippen LogP contribution in [0.3, 0.4) is 0 Å². The molecule has 0 aliphatic carbocycles. The highest BCUT2D eigenvalue weighted by molar-refractivity contribution is 5.95. The summed E-state index contributed by atoms with van der Waals surface area (Å²) >= 11 is 0. The fourth-order valence-electron chi connectivity index (χ4n) is 2.20. The summed E-state index contributed by atoms with van der Waals surface area (Å²) in [7, 11) is 0. The van der Waals surface area contributed by atoms with Crippen LogP contribution >= 0.6 is 0 Å². The topological polar surface area (TPSA) is 164 Å². The number of pyridine rings is 1. The Labute approximate surface area is 167 Å². The SMILES string of the molecule is O=C(NNc1ncnc(NNC(=O)c2ccccn2)c1[N+](=O)[O-])c1ccc(F)cc1. The summed E-state index contributed by atoms with van der Waals surface area (Å²) in [4.78, 5) is 46.1. The number of nitro groups is 1. The number of anilines is 2. The van der Waals surface area contributed by atoms with Crippen LogP contribution in [-0.2, 0) is 0 Å². The molecule has 0 aliphatic rings. The zero-order valence-corrected chi connectivity index (χ0v) is 15.0. The number of carbonyl (C=O) groups is 2. The first kappa shape index (κ1) is 20.1. The van der Waals surface area contributed by atoms with Gasteiger partial charge in [0.15, 0.2) is 0 Å². The van der Waals surface area contributed by atoms with E-state index in [1.54, 1.807) is 12.1 Å². The lowest BCUT2D eigenvalue weighted by Crippen LogP contribution is -2.32. The molecule has 0 spiro atoms. The molecule has 0 fully saturated rings. The van der Waals surface area contributed by atoms with E-state index < -0.39 is 28.2 Å². The summed E-state index contributed by atoms with van der Waals surface area (Å²) < 4.78 is 12.9. The van der Waals surface area contributed by atoms with E-state index >= 15 is 0 Å². The number of nitrogens with one attached hydrogen (secondary N) is 4. The molecule has 2 heterocycles. The van der Waals surface area contributed by atoms with Gasteiger partial charge < -0.3 is 0 Å². The van der Waals surface area contributed by atoms with Crippen molar-refractivity contribution in [3.05, 3.63) is 82.2 Å². The summed E-state index contributed by atoms with van der Waals surface area (Å²) in [6.07, 6.45) is 2.39. The number of hydrogen-bond acceptors (Lipinski definition) is 9. The van der Waals surface area contributed by atoms with Gasteiger partial charge in [0.1, 0.15) is 17.8 Å². The molecule has 0 saturated heterocycles. The molecule has 152 valence electrons. The standard InChI is InChI=1S/C17H13FN8O4/c18-11-6-4-10(5-7-11)16(27)24-22-14-13(26(29)30)15(21-9-20-14)23-25-17(28)12-3-1-2-8-19-12/h1-9H,(H,24,27)(H,25,28)(H2,20,21,22,23). The molecule has 30 heavy (non-hydrogen) atoms. The number of rotatable bonds is 7. The van der Waals surface area contributed by atoms with Crippen molar-refractivity contribution in [2.45, 2.75) is 0 Å². The predicted octanol–water partition coefficient (Wildman–Crippen LogP) is 1.43. The Hall–Kier alpha value is -4.68. The molecule has 0 bridgehead atoms. The van der Waals surface area contributed by atoms with Crippen LogP contribution in [0.2, 0.25) is 0 Å². The Balaban J connectivity index is 1.72. The third-order valence-corrected chi connectivity index (χ3v) is 3.60. The van der Waals surface area contributed by atoms with E-state index in [1.165, 1.54) is 24.4 Å². The molecular formula is C17H13FN8O4. The molecule has 0 saturated carbocycles. The molecule has 0 atom stereocenters. The summed E-state index contributed by atoms with van der Waals surface area (Å²) in [6.45, 7) is 0.